The Morgan fingerprint density at radius 3 is 2.80 bits per heavy atom. The molecule has 0 radical (unpaired) electrons. The average Bonchev–Trinajstić information content (AvgIpc) is 2.71. The van der Waals surface area contributed by atoms with E-state index in [0.717, 1.165) is 24.0 Å². The van der Waals surface area contributed by atoms with Gasteiger partial charge in [0.15, 0.2) is 0 Å². The van der Waals surface area contributed by atoms with Crippen molar-refractivity contribution in [2.75, 3.05) is 7.11 Å². The molecular formula is C12H14O3. The van der Waals surface area contributed by atoms with Crippen LogP contribution in [0.5, 0.6) is 5.75 Å². The van der Waals surface area contributed by atoms with Crippen molar-refractivity contribution >= 4 is 6.29 Å². The summed E-state index contributed by atoms with van der Waals surface area (Å²) in [5.74, 6) is 0.862. The zero-order valence-electron chi connectivity index (χ0n) is 8.79. The molecule has 3 nitrogen and oxygen atoms in total. The Hall–Kier alpha value is -1.35. The fraction of sp³-hybridized carbons (Fsp3) is 0.417. The van der Waals surface area contributed by atoms with Crippen LogP contribution in [0.25, 0.3) is 0 Å². The van der Waals surface area contributed by atoms with Gasteiger partial charge in [0, 0.05) is 6.42 Å². The zero-order chi connectivity index (χ0) is 10.7. The molecule has 1 aromatic carbocycles. The summed E-state index contributed by atoms with van der Waals surface area (Å²) in [6, 6.07) is 4.10. The predicted octanol–water partition coefficient (Wildman–Crippen LogP) is 1.86. The minimum absolute atomic E-state index is 0.538. The SMILES string of the molecule is COc1cc2c(cc1CCC=O)COC2. The van der Waals surface area contributed by atoms with Gasteiger partial charge in [0.1, 0.15) is 12.0 Å². The molecule has 3 heteroatoms. The predicted molar refractivity (Wildman–Crippen MR) is 55.9 cm³/mol. The number of benzene rings is 1. The van der Waals surface area contributed by atoms with E-state index in [1.165, 1.54) is 11.1 Å². The normalized spacial score (nSPS) is 13.7. The van der Waals surface area contributed by atoms with Crippen molar-refractivity contribution in [3.05, 3.63) is 28.8 Å². The van der Waals surface area contributed by atoms with Gasteiger partial charge in [-0.1, -0.05) is 0 Å². The van der Waals surface area contributed by atoms with E-state index in [9.17, 15) is 4.79 Å². The van der Waals surface area contributed by atoms with Crippen LogP contribution in [0.3, 0.4) is 0 Å². The summed E-state index contributed by atoms with van der Waals surface area (Å²) < 4.78 is 10.6. The highest BCUT2D eigenvalue weighted by Gasteiger charge is 2.15. The van der Waals surface area contributed by atoms with Crippen molar-refractivity contribution in [2.45, 2.75) is 26.1 Å². The van der Waals surface area contributed by atoms with Crippen LogP contribution in [0.1, 0.15) is 23.1 Å². The number of carbonyl (C=O) groups is 1. The van der Waals surface area contributed by atoms with E-state index in [0.29, 0.717) is 19.6 Å². The standard InChI is InChI=1S/C12H14O3/c1-14-12-6-11-8-15-7-10(11)5-9(12)3-2-4-13/h4-6H,2-3,7-8H2,1H3. The number of ether oxygens (including phenoxy) is 2. The van der Waals surface area contributed by atoms with Gasteiger partial charge in [-0.2, -0.15) is 0 Å². The van der Waals surface area contributed by atoms with Gasteiger partial charge in [-0.25, -0.2) is 0 Å². The van der Waals surface area contributed by atoms with Gasteiger partial charge >= 0.3 is 0 Å². The highest BCUT2D eigenvalue weighted by atomic mass is 16.5. The molecule has 0 fully saturated rings. The lowest BCUT2D eigenvalue weighted by molar-refractivity contribution is -0.107. The molecule has 1 heterocycles. The molecule has 0 bridgehead atoms. The Morgan fingerprint density at radius 2 is 2.13 bits per heavy atom. The number of aldehydes is 1. The van der Waals surface area contributed by atoms with Crippen LogP contribution < -0.4 is 4.74 Å². The number of fused-ring (bicyclic) bond motifs is 1. The van der Waals surface area contributed by atoms with Crippen LogP contribution in [0.15, 0.2) is 12.1 Å². The molecule has 0 aromatic heterocycles. The van der Waals surface area contributed by atoms with E-state index in [1.807, 2.05) is 6.07 Å². The Labute approximate surface area is 89.0 Å². The Kier molecular flexibility index (Phi) is 3.02. The highest BCUT2D eigenvalue weighted by Crippen LogP contribution is 2.29. The van der Waals surface area contributed by atoms with E-state index < -0.39 is 0 Å². The lowest BCUT2D eigenvalue weighted by Gasteiger charge is -2.09. The molecule has 15 heavy (non-hydrogen) atoms. The van der Waals surface area contributed by atoms with Gasteiger partial charge in [0.05, 0.1) is 20.3 Å². The summed E-state index contributed by atoms with van der Waals surface area (Å²) in [5, 5.41) is 0. The third-order valence-electron chi connectivity index (χ3n) is 2.65. The Morgan fingerprint density at radius 1 is 1.40 bits per heavy atom. The van der Waals surface area contributed by atoms with E-state index in [4.69, 9.17) is 9.47 Å². The smallest absolute Gasteiger partial charge is 0.122 e. The van der Waals surface area contributed by atoms with E-state index in [-0.39, 0.29) is 0 Å². The van der Waals surface area contributed by atoms with Crippen LogP contribution >= 0.6 is 0 Å². The molecule has 0 saturated carbocycles. The second-order valence-corrected chi connectivity index (χ2v) is 3.63. The molecule has 1 aromatic rings. The van der Waals surface area contributed by atoms with E-state index in [2.05, 4.69) is 6.07 Å². The topological polar surface area (TPSA) is 35.5 Å². The summed E-state index contributed by atoms with van der Waals surface area (Å²) in [6.07, 6.45) is 2.21. The molecule has 0 spiro atoms. The number of rotatable bonds is 4. The summed E-state index contributed by atoms with van der Waals surface area (Å²) in [6.45, 7) is 1.34. The van der Waals surface area contributed by atoms with Crippen molar-refractivity contribution in [1.82, 2.24) is 0 Å². The van der Waals surface area contributed by atoms with Gasteiger partial charge in [-0.15, -0.1) is 0 Å². The monoisotopic (exact) mass is 206 g/mol. The number of hydrogen-bond acceptors (Lipinski definition) is 3. The minimum atomic E-state index is 0.538. The average molecular weight is 206 g/mol. The third-order valence-corrected chi connectivity index (χ3v) is 2.65. The summed E-state index contributed by atoms with van der Waals surface area (Å²) in [5.41, 5.74) is 3.51. The second kappa shape index (κ2) is 4.45. The number of methoxy groups -OCH3 is 1. The molecule has 2 rings (SSSR count). The molecule has 1 aliphatic heterocycles. The Balaban J connectivity index is 2.30. The second-order valence-electron chi connectivity index (χ2n) is 3.63. The van der Waals surface area contributed by atoms with Crippen molar-refractivity contribution < 1.29 is 14.3 Å². The molecule has 0 aliphatic carbocycles. The Bertz CT molecular complexity index is 371. The fourth-order valence-corrected chi connectivity index (χ4v) is 1.86. The van der Waals surface area contributed by atoms with Crippen LogP contribution in [0, 0.1) is 0 Å². The molecule has 0 saturated heterocycles. The van der Waals surface area contributed by atoms with Gasteiger partial charge in [-0.05, 0) is 35.2 Å². The maximum absolute atomic E-state index is 10.3. The van der Waals surface area contributed by atoms with E-state index >= 15 is 0 Å². The molecular weight excluding hydrogens is 192 g/mol. The van der Waals surface area contributed by atoms with Crippen molar-refractivity contribution in [2.24, 2.45) is 0 Å². The van der Waals surface area contributed by atoms with Gasteiger partial charge in [0.2, 0.25) is 0 Å². The summed E-state index contributed by atoms with van der Waals surface area (Å²) >= 11 is 0. The fourth-order valence-electron chi connectivity index (χ4n) is 1.86. The first-order valence-corrected chi connectivity index (χ1v) is 5.05. The molecule has 1 aliphatic rings. The lowest BCUT2D eigenvalue weighted by Crippen LogP contribution is -1.96. The van der Waals surface area contributed by atoms with Crippen molar-refractivity contribution in [1.29, 1.82) is 0 Å². The first-order valence-electron chi connectivity index (χ1n) is 5.05. The van der Waals surface area contributed by atoms with E-state index in [1.54, 1.807) is 7.11 Å². The van der Waals surface area contributed by atoms with Crippen LogP contribution in [-0.4, -0.2) is 13.4 Å². The zero-order valence-corrected chi connectivity index (χ0v) is 8.79. The minimum Gasteiger partial charge on any atom is -0.496 e. The van der Waals surface area contributed by atoms with Gasteiger partial charge in [0.25, 0.3) is 0 Å². The quantitative estimate of drug-likeness (QED) is 0.705. The highest BCUT2D eigenvalue weighted by molar-refractivity contribution is 5.52. The molecule has 0 amide bonds. The number of aryl methyl sites for hydroxylation is 1. The maximum Gasteiger partial charge on any atom is 0.122 e. The molecule has 80 valence electrons. The lowest BCUT2D eigenvalue weighted by atomic mass is 10.0. The molecule has 0 unspecified atom stereocenters. The molecule has 0 N–H and O–H groups in total. The van der Waals surface area contributed by atoms with Crippen LogP contribution in [0.2, 0.25) is 0 Å². The number of carbonyl (C=O) groups excluding carboxylic acids is 1. The number of hydrogen-bond donors (Lipinski definition) is 0. The van der Waals surface area contributed by atoms with Crippen LogP contribution in [-0.2, 0) is 29.2 Å². The maximum atomic E-state index is 10.3. The first kappa shape index (κ1) is 10.2. The van der Waals surface area contributed by atoms with Crippen LogP contribution in [0.4, 0.5) is 0 Å². The molecule has 0 atom stereocenters. The largest absolute Gasteiger partial charge is 0.496 e. The van der Waals surface area contributed by atoms with Gasteiger partial charge < -0.3 is 14.3 Å². The summed E-state index contributed by atoms with van der Waals surface area (Å²) in [7, 11) is 1.65. The first-order chi connectivity index (χ1) is 7.35. The summed E-state index contributed by atoms with van der Waals surface area (Å²) in [4.78, 5) is 10.3. The van der Waals surface area contributed by atoms with Gasteiger partial charge in [-0.3, -0.25) is 0 Å². The van der Waals surface area contributed by atoms with Crippen molar-refractivity contribution in [3.8, 4) is 5.75 Å². The third kappa shape index (κ3) is 2.02. The van der Waals surface area contributed by atoms with Crippen molar-refractivity contribution in [3.63, 3.8) is 0 Å².